The molecular formula is C20H22Cl2N4O. The predicted molar refractivity (Wildman–Crippen MR) is 105 cm³/mol. The lowest BCUT2D eigenvalue weighted by Crippen LogP contribution is -2.47. The summed E-state index contributed by atoms with van der Waals surface area (Å²) in [5, 5.41) is 13.9. The molecule has 7 atom stereocenters. The number of hydrogen-bond acceptors (Lipinski definition) is 4. The zero-order chi connectivity index (χ0) is 18.9. The Bertz CT molecular complexity index is 820. The van der Waals surface area contributed by atoms with E-state index in [4.69, 9.17) is 23.2 Å². The number of benzene rings is 1. The summed E-state index contributed by atoms with van der Waals surface area (Å²) in [6.07, 6.45) is 5.28. The summed E-state index contributed by atoms with van der Waals surface area (Å²) < 4.78 is 0. The number of rotatable bonds is 3. The van der Waals surface area contributed by atoms with Crippen molar-refractivity contribution in [1.29, 1.82) is 5.26 Å². The van der Waals surface area contributed by atoms with Crippen molar-refractivity contribution in [3.8, 4) is 6.19 Å². The van der Waals surface area contributed by atoms with Crippen LogP contribution in [0.15, 0.2) is 18.2 Å². The zero-order valence-electron chi connectivity index (χ0n) is 15.1. The summed E-state index contributed by atoms with van der Waals surface area (Å²) in [4.78, 5) is 17.3. The molecule has 1 aliphatic carbocycles. The van der Waals surface area contributed by atoms with Crippen LogP contribution in [0.3, 0.4) is 0 Å². The second kappa shape index (κ2) is 6.18. The van der Waals surface area contributed by atoms with E-state index in [2.05, 4.69) is 23.3 Å². The van der Waals surface area contributed by atoms with Crippen LogP contribution in [0.25, 0.3) is 0 Å². The Morgan fingerprint density at radius 3 is 2.67 bits per heavy atom. The Morgan fingerprint density at radius 1 is 1.26 bits per heavy atom. The minimum absolute atomic E-state index is 0.0163. The molecule has 1 N–H and O–H groups in total. The number of nitriles is 1. The molecule has 142 valence electrons. The van der Waals surface area contributed by atoms with Gasteiger partial charge in [-0.2, -0.15) is 5.26 Å². The molecule has 3 saturated heterocycles. The van der Waals surface area contributed by atoms with Crippen molar-refractivity contribution in [2.45, 2.75) is 50.4 Å². The van der Waals surface area contributed by atoms with Crippen LogP contribution in [0.5, 0.6) is 0 Å². The first kappa shape index (κ1) is 17.5. The number of piperidine rings is 1. The maximum Gasteiger partial charge on any atom is 0.225 e. The molecule has 3 aliphatic heterocycles. The van der Waals surface area contributed by atoms with Crippen molar-refractivity contribution in [2.24, 2.45) is 17.8 Å². The molecule has 27 heavy (non-hydrogen) atoms. The van der Waals surface area contributed by atoms with Crippen LogP contribution in [0, 0.1) is 29.2 Å². The molecule has 3 heterocycles. The van der Waals surface area contributed by atoms with Crippen LogP contribution in [0.4, 0.5) is 5.69 Å². The normalized spacial score (nSPS) is 38.7. The van der Waals surface area contributed by atoms with Crippen LogP contribution in [0.1, 0.15) is 26.2 Å². The first-order valence-electron chi connectivity index (χ1n) is 9.69. The van der Waals surface area contributed by atoms with E-state index in [-0.39, 0.29) is 23.9 Å². The summed E-state index contributed by atoms with van der Waals surface area (Å²) in [6.45, 7) is 2.91. The summed E-state index contributed by atoms with van der Waals surface area (Å²) in [6, 6.07) is 6.57. The van der Waals surface area contributed by atoms with Gasteiger partial charge in [-0.25, -0.2) is 0 Å². The van der Waals surface area contributed by atoms with Gasteiger partial charge in [0.2, 0.25) is 5.91 Å². The van der Waals surface area contributed by atoms with Gasteiger partial charge in [-0.1, -0.05) is 30.1 Å². The minimum atomic E-state index is -0.0163. The van der Waals surface area contributed by atoms with Gasteiger partial charge in [0.25, 0.3) is 0 Å². The van der Waals surface area contributed by atoms with Gasteiger partial charge >= 0.3 is 0 Å². The van der Waals surface area contributed by atoms with Crippen LogP contribution >= 0.6 is 23.2 Å². The van der Waals surface area contributed by atoms with E-state index in [1.807, 2.05) is 17.0 Å². The fraction of sp³-hybridized carbons (Fsp3) is 0.600. The molecule has 4 aliphatic rings. The fourth-order valence-electron chi connectivity index (χ4n) is 5.85. The number of nitrogens with zero attached hydrogens (tertiary/aromatic N) is 3. The number of nitrogens with one attached hydrogen (secondary N) is 1. The number of carbonyl (C=O) groups is 1. The largest absolute Gasteiger partial charge is 0.367 e. The molecule has 1 aromatic rings. The van der Waals surface area contributed by atoms with Gasteiger partial charge in [0.1, 0.15) is 0 Å². The van der Waals surface area contributed by atoms with E-state index < -0.39 is 0 Å². The van der Waals surface area contributed by atoms with Gasteiger partial charge in [0, 0.05) is 34.4 Å². The molecule has 1 amide bonds. The van der Waals surface area contributed by atoms with Gasteiger partial charge in [0.15, 0.2) is 6.19 Å². The lowest BCUT2D eigenvalue weighted by atomic mass is 9.94. The molecule has 5 nitrogen and oxygen atoms in total. The van der Waals surface area contributed by atoms with Crippen LogP contribution in [-0.2, 0) is 4.79 Å². The Hall–Kier alpha value is -1.64. The summed E-state index contributed by atoms with van der Waals surface area (Å²) >= 11 is 12.4. The third-order valence-electron chi connectivity index (χ3n) is 7.11. The second-order valence-corrected chi connectivity index (χ2v) is 9.34. The fourth-order valence-corrected chi connectivity index (χ4v) is 6.37. The average Bonchev–Trinajstić information content (AvgIpc) is 2.99. The number of anilines is 1. The topological polar surface area (TPSA) is 59.4 Å². The molecule has 0 spiro atoms. The molecule has 2 unspecified atom stereocenters. The Kier molecular flexibility index (Phi) is 4.00. The van der Waals surface area contributed by atoms with Gasteiger partial charge in [-0.05, 0) is 49.3 Å². The number of fused-ring (bicyclic) bond motifs is 3. The Labute approximate surface area is 169 Å². The molecule has 2 bridgehead atoms. The van der Waals surface area contributed by atoms with Crippen molar-refractivity contribution in [1.82, 2.24) is 10.2 Å². The SMILES string of the molecule is C[C@H]1C2C1N(c1cc(Cl)cc(Cl)c1)C[C@H]2C(=O)N[C@@H]1C[C@@H]2CC[C@H]1N2C#N. The summed E-state index contributed by atoms with van der Waals surface area (Å²) in [5.41, 5.74) is 0.998. The van der Waals surface area contributed by atoms with Gasteiger partial charge in [-0.3, -0.25) is 4.79 Å². The molecule has 0 radical (unpaired) electrons. The van der Waals surface area contributed by atoms with Crippen molar-refractivity contribution >= 4 is 34.8 Å². The number of carbonyl (C=O) groups excluding carboxylic acids is 1. The van der Waals surface area contributed by atoms with E-state index in [1.165, 1.54) is 0 Å². The average molecular weight is 405 g/mol. The zero-order valence-corrected chi connectivity index (χ0v) is 16.6. The Balaban J connectivity index is 1.30. The smallest absolute Gasteiger partial charge is 0.225 e. The first-order valence-corrected chi connectivity index (χ1v) is 10.4. The highest BCUT2D eigenvalue weighted by atomic mass is 35.5. The molecule has 7 heteroatoms. The molecule has 1 saturated carbocycles. The molecule has 4 fully saturated rings. The summed E-state index contributed by atoms with van der Waals surface area (Å²) in [5.74, 6) is 0.995. The molecular weight excluding hydrogens is 383 g/mol. The van der Waals surface area contributed by atoms with Crippen molar-refractivity contribution in [2.75, 3.05) is 11.4 Å². The Morgan fingerprint density at radius 2 is 2.00 bits per heavy atom. The lowest BCUT2D eigenvalue weighted by Gasteiger charge is -2.27. The number of halogens is 2. The van der Waals surface area contributed by atoms with Crippen LogP contribution < -0.4 is 10.2 Å². The van der Waals surface area contributed by atoms with Gasteiger partial charge in [-0.15, -0.1) is 0 Å². The van der Waals surface area contributed by atoms with E-state index in [1.54, 1.807) is 6.07 Å². The number of hydrogen-bond donors (Lipinski definition) is 1. The monoisotopic (exact) mass is 404 g/mol. The second-order valence-electron chi connectivity index (χ2n) is 8.47. The van der Waals surface area contributed by atoms with Gasteiger partial charge in [0.05, 0.1) is 18.0 Å². The highest BCUT2D eigenvalue weighted by Crippen LogP contribution is 2.55. The van der Waals surface area contributed by atoms with E-state index in [0.29, 0.717) is 40.5 Å². The third kappa shape index (κ3) is 2.68. The van der Waals surface area contributed by atoms with Gasteiger partial charge < -0.3 is 15.1 Å². The van der Waals surface area contributed by atoms with Crippen molar-refractivity contribution < 1.29 is 4.79 Å². The third-order valence-corrected chi connectivity index (χ3v) is 7.55. The first-order chi connectivity index (χ1) is 13.0. The van der Waals surface area contributed by atoms with E-state index in [0.717, 1.165) is 24.9 Å². The van der Waals surface area contributed by atoms with Crippen molar-refractivity contribution in [3.63, 3.8) is 0 Å². The minimum Gasteiger partial charge on any atom is -0.367 e. The predicted octanol–water partition coefficient (Wildman–Crippen LogP) is 3.27. The van der Waals surface area contributed by atoms with E-state index >= 15 is 0 Å². The standard InChI is InChI=1S/C20H22Cl2N4O/c1-10-18-15(8-25(19(10)18)14-5-11(21)4-12(22)6-14)20(27)24-16-7-13-2-3-17(16)26(13)9-23/h4-6,10,13,15-19H,2-3,7-8H2,1H3,(H,24,27)/t10-,13-,15+,16+,17+,18?,19?/m0/s1. The van der Waals surface area contributed by atoms with Crippen molar-refractivity contribution in [3.05, 3.63) is 28.2 Å². The molecule has 5 rings (SSSR count). The summed E-state index contributed by atoms with van der Waals surface area (Å²) in [7, 11) is 0. The quantitative estimate of drug-likeness (QED) is 0.785. The maximum atomic E-state index is 13.1. The van der Waals surface area contributed by atoms with E-state index in [9.17, 15) is 10.1 Å². The lowest BCUT2D eigenvalue weighted by molar-refractivity contribution is -0.126. The highest BCUT2D eigenvalue weighted by molar-refractivity contribution is 6.35. The highest BCUT2D eigenvalue weighted by Gasteiger charge is 2.62. The number of amides is 1. The molecule has 0 aromatic heterocycles. The van der Waals surface area contributed by atoms with Crippen LogP contribution in [0.2, 0.25) is 10.0 Å². The maximum absolute atomic E-state index is 13.1. The van der Waals surface area contributed by atoms with Crippen LogP contribution in [-0.4, -0.2) is 41.5 Å². The molecule has 1 aromatic carbocycles.